The van der Waals surface area contributed by atoms with Crippen LogP contribution in [0.5, 0.6) is 11.5 Å². The summed E-state index contributed by atoms with van der Waals surface area (Å²) < 4.78 is 4.92. The number of aliphatic hydroxyl groups excluding tert-OH is 1. The minimum atomic E-state index is -0.718. The van der Waals surface area contributed by atoms with E-state index in [9.17, 15) is 25.1 Å². The summed E-state index contributed by atoms with van der Waals surface area (Å²) >= 11 is 0. The number of carbonyl (C=O) groups excluding carboxylic acids is 1. The van der Waals surface area contributed by atoms with E-state index in [1.807, 2.05) is 0 Å². The van der Waals surface area contributed by atoms with Gasteiger partial charge in [-0.25, -0.2) is 0 Å². The van der Waals surface area contributed by atoms with Crippen LogP contribution in [0.25, 0.3) is 0 Å². The Labute approximate surface area is 127 Å². The van der Waals surface area contributed by atoms with Crippen LogP contribution < -0.4 is 4.74 Å². The number of nitrogens with zero attached hydrogens (tertiary/aromatic N) is 2. The number of phenolic OH excluding ortho intramolecular Hbond substituents is 1. The Balaban J connectivity index is 2.45. The summed E-state index contributed by atoms with van der Waals surface area (Å²) in [5.74, 6) is -0.946. The molecule has 2 rings (SSSR count). The van der Waals surface area contributed by atoms with Crippen LogP contribution in [0.3, 0.4) is 0 Å². The maximum absolute atomic E-state index is 12.6. The van der Waals surface area contributed by atoms with Crippen molar-refractivity contribution in [3.8, 4) is 11.5 Å². The van der Waals surface area contributed by atoms with Crippen molar-refractivity contribution in [2.75, 3.05) is 20.3 Å². The number of phenols is 1. The van der Waals surface area contributed by atoms with Crippen molar-refractivity contribution in [2.45, 2.75) is 25.3 Å². The van der Waals surface area contributed by atoms with E-state index >= 15 is 0 Å². The van der Waals surface area contributed by atoms with Gasteiger partial charge in [-0.05, 0) is 19.3 Å². The monoisotopic (exact) mass is 310 g/mol. The number of benzene rings is 1. The van der Waals surface area contributed by atoms with E-state index < -0.39 is 22.3 Å². The van der Waals surface area contributed by atoms with Gasteiger partial charge in [0.2, 0.25) is 0 Å². The van der Waals surface area contributed by atoms with Crippen molar-refractivity contribution >= 4 is 11.6 Å². The first-order chi connectivity index (χ1) is 10.5. The van der Waals surface area contributed by atoms with Crippen LogP contribution in [-0.2, 0) is 0 Å². The molecule has 0 aliphatic carbocycles. The minimum absolute atomic E-state index is 0.00786. The van der Waals surface area contributed by atoms with Crippen LogP contribution in [0, 0.1) is 10.1 Å². The lowest BCUT2D eigenvalue weighted by Crippen LogP contribution is -2.45. The number of hydrogen-bond donors (Lipinski definition) is 2. The molecule has 1 heterocycles. The van der Waals surface area contributed by atoms with Gasteiger partial charge in [0.1, 0.15) is 5.56 Å². The molecule has 1 amide bonds. The number of nitro benzene ring substituents is 1. The minimum Gasteiger partial charge on any atom is -0.504 e. The van der Waals surface area contributed by atoms with Gasteiger partial charge in [-0.2, -0.15) is 0 Å². The molecule has 1 aromatic carbocycles. The molecular formula is C14H18N2O6. The zero-order chi connectivity index (χ0) is 16.3. The molecule has 2 N–H and O–H groups in total. The van der Waals surface area contributed by atoms with Crippen molar-refractivity contribution in [1.82, 2.24) is 4.90 Å². The molecule has 0 radical (unpaired) electrons. The molecule has 0 saturated carbocycles. The Morgan fingerprint density at radius 1 is 1.50 bits per heavy atom. The fourth-order valence-corrected chi connectivity index (χ4v) is 2.66. The lowest BCUT2D eigenvalue weighted by molar-refractivity contribution is -0.385. The Hall–Kier alpha value is -2.35. The molecule has 8 heteroatoms. The van der Waals surface area contributed by atoms with E-state index in [2.05, 4.69) is 0 Å². The van der Waals surface area contributed by atoms with E-state index in [1.165, 1.54) is 18.1 Å². The van der Waals surface area contributed by atoms with E-state index in [-0.39, 0.29) is 24.0 Å². The van der Waals surface area contributed by atoms with Gasteiger partial charge in [0, 0.05) is 12.6 Å². The van der Waals surface area contributed by atoms with Gasteiger partial charge in [-0.1, -0.05) is 0 Å². The zero-order valence-electron chi connectivity index (χ0n) is 12.2. The van der Waals surface area contributed by atoms with E-state index in [1.54, 1.807) is 0 Å². The number of hydrogen-bond acceptors (Lipinski definition) is 6. The first-order valence-corrected chi connectivity index (χ1v) is 6.96. The van der Waals surface area contributed by atoms with Gasteiger partial charge in [-0.3, -0.25) is 14.9 Å². The number of likely N-dealkylation sites (tertiary alicyclic amines) is 1. The molecule has 120 valence electrons. The van der Waals surface area contributed by atoms with Gasteiger partial charge in [0.15, 0.2) is 11.5 Å². The second-order valence-electron chi connectivity index (χ2n) is 5.13. The molecule has 1 aliphatic rings. The molecular weight excluding hydrogens is 292 g/mol. The number of nitro groups is 1. The molecule has 8 nitrogen and oxygen atoms in total. The number of piperidine rings is 1. The average molecular weight is 310 g/mol. The van der Waals surface area contributed by atoms with Gasteiger partial charge < -0.3 is 19.8 Å². The molecule has 0 unspecified atom stereocenters. The van der Waals surface area contributed by atoms with Crippen molar-refractivity contribution in [3.63, 3.8) is 0 Å². The number of ether oxygens (including phenoxy) is 1. The molecule has 1 aliphatic heterocycles. The summed E-state index contributed by atoms with van der Waals surface area (Å²) in [6.07, 6.45) is 2.34. The summed E-state index contributed by atoms with van der Waals surface area (Å²) in [5, 5.41) is 30.2. The van der Waals surface area contributed by atoms with Crippen molar-refractivity contribution < 1.29 is 24.7 Å². The first kappa shape index (κ1) is 16.0. The first-order valence-electron chi connectivity index (χ1n) is 6.96. The summed E-state index contributed by atoms with van der Waals surface area (Å²) in [4.78, 5) is 24.5. The molecule has 1 atom stereocenters. The van der Waals surface area contributed by atoms with Crippen molar-refractivity contribution in [1.29, 1.82) is 0 Å². The third kappa shape index (κ3) is 2.96. The van der Waals surface area contributed by atoms with Gasteiger partial charge in [-0.15, -0.1) is 0 Å². The highest BCUT2D eigenvalue weighted by molar-refractivity contribution is 5.99. The second-order valence-corrected chi connectivity index (χ2v) is 5.13. The summed E-state index contributed by atoms with van der Waals surface area (Å²) in [7, 11) is 1.30. The summed E-state index contributed by atoms with van der Waals surface area (Å²) in [6, 6.07) is 1.73. The largest absolute Gasteiger partial charge is 0.504 e. The van der Waals surface area contributed by atoms with Gasteiger partial charge in [0.05, 0.1) is 30.7 Å². The lowest BCUT2D eigenvalue weighted by atomic mass is 10.0. The third-order valence-corrected chi connectivity index (χ3v) is 3.82. The Morgan fingerprint density at radius 3 is 2.82 bits per heavy atom. The number of carbonyl (C=O) groups is 1. The molecule has 22 heavy (non-hydrogen) atoms. The molecule has 1 fully saturated rings. The van der Waals surface area contributed by atoms with E-state index in [0.29, 0.717) is 13.0 Å². The highest BCUT2D eigenvalue weighted by Crippen LogP contribution is 2.35. The van der Waals surface area contributed by atoms with E-state index in [4.69, 9.17) is 4.74 Å². The van der Waals surface area contributed by atoms with Crippen LogP contribution in [-0.4, -0.2) is 52.2 Å². The van der Waals surface area contributed by atoms with Crippen LogP contribution in [0.15, 0.2) is 12.1 Å². The smallest absolute Gasteiger partial charge is 0.286 e. The summed E-state index contributed by atoms with van der Waals surface area (Å²) in [5.41, 5.74) is -0.634. The molecule has 1 saturated heterocycles. The maximum Gasteiger partial charge on any atom is 0.286 e. The fraction of sp³-hybridized carbons (Fsp3) is 0.500. The number of aromatic hydroxyl groups is 1. The molecule has 0 bridgehead atoms. The molecule has 0 aromatic heterocycles. The van der Waals surface area contributed by atoms with Crippen molar-refractivity contribution in [3.05, 3.63) is 27.8 Å². The molecule has 1 aromatic rings. The predicted octanol–water partition coefficient (Wildman–Crippen LogP) is 1.30. The number of methoxy groups -OCH3 is 1. The van der Waals surface area contributed by atoms with Crippen LogP contribution in [0.2, 0.25) is 0 Å². The Bertz CT molecular complexity index is 589. The topological polar surface area (TPSA) is 113 Å². The normalized spacial score (nSPS) is 18.1. The van der Waals surface area contributed by atoms with Gasteiger partial charge in [0.25, 0.3) is 11.6 Å². The van der Waals surface area contributed by atoms with Crippen LogP contribution in [0.4, 0.5) is 5.69 Å². The Morgan fingerprint density at radius 2 is 2.23 bits per heavy atom. The maximum atomic E-state index is 12.6. The quantitative estimate of drug-likeness (QED) is 0.640. The predicted molar refractivity (Wildman–Crippen MR) is 77.1 cm³/mol. The van der Waals surface area contributed by atoms with Gasteiger partial charge >= 0.3 is 0 Å². The fourth-order valence-electron chi connectivity index (χ4n) is 2.66. The molecule has 0 spiro atoms. The SMILES string of the molecule is COc1cc(C(=O)N2CCCC[C@H]2CO)c([N+](=O)[O-])cc1O. The van der Waals surface area contributed by atoms with Crippen molar-refractivity contribution in [2.24, 2.45) is 0 Å². The standard InChI is InChI=1S/C14H18N2O6/c1-22-13-6-10(11(16(20)21)7-12(13)18)14(19)15-5-3-2-4-9(15)8-17/h6-7,9,17-18H,2-5,8H2,1H3/t9-/m0/s1. The highest BCUT2D eigenvalue weighted by atomic mass is 16.6. The summed E-state index contributed by atoms with van der Waals surface area (Å²) in [6.45, 7) is 0.249. The van der Waals surface area contributed by atoms with Crippen LogP contribution >= 0.6 is 0 Å². The lowest BCUT2D eigenvalue weighted by Gasteiger charge is -2.34. The van der Waals surface area contributed by atoms with Crippen LogP contribution in [0.1, 0.15) is 29.6 Å². The van der Waals surface area contributed by atoms with E-state index in [0.717, 1.165) is 18.9 Å². The zero-order valence-corrected chi connectivity index (χ0v) is 12.2. The Kier molecular flexibility index (Phi) is 4.81. The second kappa shape index (κ2) is 6.61. The third-order valence-electron chi connectivity index (χ3n) is 3.82. The number of aliphatic hydroxyl groups is 1. The highest BCUT2D eigenvalue weighted by Gasteiger charge is 2.32. The average Bonchev–Trinajstić information content (AvgIpc) is 2.53. The number of rotatable bonds is 4. The number of amides is 1.